The van der Waals surface area contributed by atoms with Crippen molar-refractivity contribution in [3.63, 3.8) is 0 Å². The molecule has 3 rings (SSSR count). The van der Waals surface area contributed by atoms with Gasteiger partial charge in [-0.05, 0) is 36.7 Å². The molecule has 1 atom stereocenters. The molecule has 0 aromatic heterocycles. The molecule has 0 spiro atoms. The summed E-state index contributed by atoms with van der Waals surface area (Å²) in [5.41, 5.74) is 9.20. The van der Waals surface area contributed by atoms with E-state index in [1.54, 1.807) is 6.07 Å². The summed E-state index contributed by atoms with van der Waals surface area (Å²) in [6.45, 7) is 1.86. The molecule has 2 aliphatic rings. The Kier molecular flexibility index (Phi) is 2.04. The van der Waals surface area contributed by atoms with Crippen LogP contribution in [0.1, 0.15) is 28.3 Å². The van der Waals surface area contributed by atoms with E-state index in [4.69, 9.17) is 5.73 Å². The highest BCUT2D eigenvalue weighted by Gasteiger charge is 2.29. The fourth-order valence-electron chi connectivity index (χ4n) is 2.45. The Hall–Kier alpha value is -1.68. The maximum Gasteiger partial charge on any atom is 0.248 e. The molecule has 0 radical (unpaired) electrons. The molecule has 1 fully saturated rings. The van der Waals surface area contributed by atoms with Crippen LogP contribution in [-0.4, -0.2) is 24.7 Å². The van der Waals surface area contributed by atoms with Crippen LogP contribution in [0.25, 0.3) is 0 Å². The molecule has 1 saturated heterocycles. The lowest BCUT2D eigenvalue weighted by atomic mass is 9.89. The number of hydrogen-bond donors (Lipinski definition) is 2. The van der Waals surface area contributed by atoms with Crippen LogP contribution in [0.5, 0.6) is 0 Å². The second-order valence-corrected chi connectivity index (χ2v) is 4.26. The molecule has 82 valence electrons. The van der Waals surface area contributed by atoms with Crippen LogP contribution in [0, 0.1) is 0 Å². The highest BCUT2D eigenvalue weighted by Crippen LogP contribution is 2.38. The average Bonchev–Trinajstić information content (AvgIpc) is 2.66. The van der Waals surface area contributed by atoms with Gasteiger partial charge in [-0.25, -0.2) is 0 Å². The maximum absolute atomic E-state index is 11.1. The lowest BCUT2D eigenvalue weighted by Crippen LogP contribution is -2.34. The lowest BCUT2D eigenvalue weighted by Gasteiger charge is -2.20. The SMILES string of the molecule is NC(=O)c1ccc2c(c1)C1CCNCC1=N2. The highest BCUT2D eigenvalue weighted by molar-refractivity contribution is 6.01. The van der Waals surface area contributed by atoms with Crippen LogP contribution < -0.4 is 11.1 Å². The Labute approximate surface area is 93.6 Å². The summed E-state index contributed by atoms with van der Waals surface area (Å²) in [5.74, 6) is 0.0146. The summed E-state index contributed by atoms with van der Waals surface area (Å²) in [6, 6.07) is 5.53. The molecule has 4 nitrogen and oxygen atoms in total. The highest BCUT2D eigenvalue weighted by atomic mass is 16.1. The largest absolute Gasteiger partial charge is 0.366 e. The first kappa shape index (κ1) is 9.54. The fourth-order valence-corrected chi connectivity index (χ4v) is 2.45. The molecule has 0 saturated carbocycles. The minimum atomic E-state index is -0.370. The summed E-state index contributed by atoms with van der Waals surface area (Å²) in [5, 5.41) is 3.31. The molecule has 1 aromatic carbocycles. The number of hydrogen-bond acceptors (Lipinski definition) is 3. The van der Waals surface area contributed by atoms with E-state index in [1.165, 1.54) is 5.71 Å². The molecular weight excluding hydrogens is 202 g/mol. The van der Waals surface area contributed by atoms with Crippen LogP contribution >= 0.6 is 0 Å². The number of rotatable bonds is 1. The number of nitrogens with two attached hydrogens (primary N) is 1. The van der Waals surface area contributed by atoms with Crippen LogP contribution in [0.3, 0.4) is 0 Å². The topological polar surface area (TPSA) is 67.5 Å². The van der Waals surface area contributed by atoms with Crippen molar-refractivity contribution in [3.05, 3.63) is 29.3 Å². The summed E-state index contributed by atoms with van der Waals surface area (Å²) in [7, 11) is 0. The number of piperidine rings is 1. The molecular formula is C12H13N3O. The molecule has 2 heterocycles. The molecule has 3 N–H and O–H groups in total. The van der Waals surface area contributed by atoms with Crippen molar-refractivity contribution in [1.82, 2.24) is 5.32 Å². The van der Waals surface area contributed by atoms with Gasteiger partial charge in [0.1, 0.15) is 0 Å². The minimum absolute atomic E-state index is 0.370. The number of nitrogens with zero attached hydrogens (tertiary/aromatic N) is 1. The standard InChI is InChI=1S/C12H13N3O/c13-12(16)7-1-2-10-9(5-7)8-3-4-14-6-11(8)15-10/h1-2,5,8,14H,3-4,6H2,(H2,13,16). The quantitative estimate of drug-likeness (QED) is 0.732. The maximum atomic E-state index is 11.1. The van der Waals surface area contributed by atoms with E-state index in [0.717, 1.165) is 30.8 Å². The number of benzene rings is 1. The summed E-state index contributed by atoms with van der Waals surface area (Å²) in [6.07, 6.45) is 1.05. The van der Waals surface area contributed by atoms with Crippen molar-refractivity contribution in [1.29, 1.82) is 0 Å². The van der Waals surface area contributed by atoms with Crippen molar-refractivity contribution < 1.29 is 4.79 Å². The second kappa shape index (κ2) is 3.42. The van der Waals surface area contributed by atoms with E-state index >= 15 is 0 Å². The van der Waals surface area contributed by atoms with Crippen molar-refractivity contribution in [3.8, 4) is 0 Å². The summed E-state index contributed by atoms with van der Waals surface area (Å²) >= 11 is 0. The van der Waals surface area contributed by atoms with Gasteiger partial charge < -0.3 is 11.1 Å². The summed E-state index contributed by atoms with van der Waals surface area (Å²) in [4.78, 5) is 15.7. The van der Waals surface area contributed by atoms with Gasteiger partial charge in [-0.2, -0.15) is 0 Å². The minimum Gasteiger partial charge on any atom is -0.366 e. The van der Waals surface area contributed by atoms with Gasteiger partial charge in [0.2, 0.25) is 5.91 Å². The lowest BCUT2D eigenvalue weighted by molar-refractivity contribution is 0.1000. The number of carbonyl (C=O) groups is 1. The van der Waals surface area contributed by atoms with Gasteiger partial charge in [0, 0.05) is 23.7 Å². The molecule has 1 unspecified atom stereocenters. The molecule has 1 aromatic rings. The Bertz CT molecular complexity index is 493. The first-order valence-electron chi connectivity index (χ1n) is 5.47. The number of fused-ring (bicyclic) bond motifs is 3. The number of carbonyl (C=O) groups excluding carboxylic acids is 1. The Balaban J connectivity index is 2.05. The van der Waals surface area contributed by atoms with Gasteiger partial charge in [0.05, 0.1) is 5.69 Å². The first-order valence-corrected chi connectivity index (χ1v) is 5.47. The zero-order valence-electron chi connectivity index (χ0n) is 8.86. The molecule has 0 bridgehead atoms. The smallest absolute Gasteiger partial charge is 0.248 e. The monoisotopic (exact) mass is 215 g/mol. The molecule has 1 amide bonds. The van der Waals surface area contributed by atoms with Crippen LogP contribution in [-0.2, 0) is 0 Å². The normalized spacial score (nSPS) is 22.2. The van der Waals surface area contributed by atoms with Gasteiger partial charge >= 0.3 is 0 Å². The van der Waals surface area contributed by atoms with Crippen LogP contribution in [0.15, 0.2) is 23.2 Å². The summed E-state index contributed by atoms with van der Waals surface area (Å²) < 4.78 is 0. The number of primary amides is 1. The molecule has 0 aliphatic carbocycles. The predicted octanol–water partition coefficient (Wildman–Crippen LogP) is 0.949. The Morgan fingerprint density at radius 3 is 3.19 bits per heavy atom. The zero-order chi connectivity index (χ0) is 11.1. The van der Waals surface area contributed by atoms with Crippen molar-refractivity contribution in [2.24, 2.45) is 10.7 Å². The third kappa shape index (κ3) is 1.34. The molecule has 16 heavy (non-hydrogen) atoms. The van der Waals surface area contributed by atoms with Gasteiger partial charge in [0.25, 0.3) is 0 Å². The third-order valence-electron chi connectivity index (χ3n) is 3.27. The number of nitrogens with one attached hydrogen (secondary N) is 1. The Morgan fingerprint density at radius 2 is 2.38 bits per heavy atom. The van der Waals surface area contributed by atoms with E-state index < -0.39 is 0 Å². The van der Waals surface area contributed by atoms with Gasteiger partial charge in [-0.15, -0.1) is 0 Å². The van der Waals surface area contributed by atoms with E-state index in [-0.39, 0.29) is 5.91 Å². The fraction of sp³-hybridized carbons (Fsp3) is 0.333. The van der Waals surface area contributed by atoms with Crippen molar-refractivity contribution >= 4 is 17.3 Å². The molecule has 4 heteroatoms. The van der Waals surface area contributed by atoms with E-state index in [0.29, 0.717) is 11.5 Å². The number of aliphatic imine (C=N–C) groups is 1. The van der Waals surface area contributed by atoms with E-state index in [2.05, 4.69) is 10.3 Å². The predicted molar refractivity (Wildman–Crippen MR) is 62.3 cm³/mol. The zero-order valence-corrected chi connectivity index (χ0v) is 8.86. The average molecular weight is 215 g/mol. The van der Waals surface area contributed by atoms with E-state index in [9.17, 15) is 4.79 Å². The third-order valence-corrected chi connectivity index (χ3v) is 3.27. The van der Waals surface area contributed by atoms with Crippen molar-refractivity contribution in [2.75, 3.05) is 13.1 Å². The first-order chi connectivity index (χ1) is 7.75. The number of amides is 1. The van der Waals surface area contributed by atoms with E-state index in [1.807, 2.05) is 12.1 Å². The van der Waals surface area contributed by atoms with Gasteiger partial charge in [-0.3, -0.25) is 9.79 Å². The van der Waals surface area contributed by atoms with Crippen LogP contribution in [0.2, 0.25) is 0 Å². The second-order valence-electron chi connectivity index (χ2n) is 4.26. The van der Waals surface area contributed by atoms with Gasteiger partial charge in [0.15, 0.2) is 0 Å². The van der Waals surface area contributed by atoms with Crippen molar-refractivity contribution in [2.45, 2.75) is 12.3 Å². The van der Waals surface area contributed by atoms with Crippen LogP contribution in [0.4, 0.5) is 5.69 Å². The van der Waals surface area contributed by atoms with Gasteiger partial charge in [-0.1, -0.05) is 0 Å². The molecule has 2 aliphatic heterocycles. The Morgan fingerprint density at radius 1 is 1.50 bits per heavy atom.